The van der Waals surface area contributed by atoms with E-state index < -0.39 is 5.82 Å². The molecule has 0 amide bonds. The van der Waals surface area contributed by atoms with E-state index in [0.29, 0.717) is 22.6 Å². The summed E-state index contributed by atoms with van der Waals surface area (Å²) in [5.74, 6) is 4.62. The standard InChI is InChI=1S/C14H12Cl2F2N2/c15-11-3-2-10(17)5-9(11)7-14(20-19)8-1-4-13(18)12(16)6-8/h1-6,14,20H,7,19H2. The minimum Gasteiger partial charge on any atom is -0.271 e. The van der Waals surface area contributed by atoms with Gasteiger partial charge in [-0.3, -0.25) is 11.3 Å². The van der Waals surface area contributed by atoms with Gasteiger partial charge in [-0.15, -0.1) is 0 Å². The topological polar surface area (TPSA) is 38.0 Å². The van der Waals surface area contributed by atoms with Gasteiger partial charge in [-0.05, 0) is 47.9 Å². The van der Waals surface area contributed by atoms with E-state index in [1.54, 1.807) is 6.07 Å². The Morgan fingerprint density at radius 1 is 1.05 bits per heavy atom. The van der Waals surface area contributed by atoms with Crippen molar-refractivity contribution in [1.29, 1.82) is 0 Å². The Balaban J connectivity index is 2.28. The van der Waals surface area contributed by atoms with Crippen LogP contribution in [0.2, 0.25) is 10.0 Å². The van der Waals surface area contributed by atoms with E-state index in [4.69, 9.17) is 29.0 Å². The Kier molecular flexibility index (Phi) is 4.94. The Bertz CT molecular complexity index is 620. The van der Waals surface area contributed by atoms with E-state index in [2.05, 4.69) is 5.43 Å². The normalized spacial score (nSPS) is 12.4. The summed E-state index contributed by atoms with van der Waals surface area (Å²) in [4.78, 5) is 0. The molecule has 106 valence electrons. The van der Waals surface area contributed by atoms with Crippen LogP contribution in [-0.2, 0) is 6.42 Å². The molecule has 20 heavy (non-hydrogen) atoms. The molecule has 2 rings (SSSR count). The summed E-state index contributed by atoms with van der Waals surface area (Å²) in [7, 11) is 0. The summed E-state index contributed by atoms with van der Waals surface area (Å²) in [6, 6.07) is 8.07. The second-order valence-electron chi connectivity index (χ2n) is 4.33. The summed E-state index contributed by atoms with van der Waals surface area (Å²) < 4.78 is 26.4. The average Bonchev–Trinajstić information content (AvgIpc) is 2.43. The van der Waals surface area contributed by atoms with Gasteiger partial charge in [0.05, 0.1) is 11.1 Å². The smallest absolute Gasteiger partial charge is 0.141 e. The number of hydrogen-bond donors (Lipinski definition) is 2. The Morgan fingerprint density at radius 2 is 1.80 bits per heavy atom. The first-order valence-corrected chi connectivity index (χ1v) is 6.62. The zero-order chi connectivity index (χ0) is 14.7. The monoisotopic (exact) mass is 316 g/mol. The SMILES string of the molecule is NNC(Cc1cc(F)ccc1Cl)c1ccc(F)c(Cl)c1. The lowest BCUT2D eigenvalue weighted by molar-refractivity contribution is 0.546. The van der Waals surface area contributed by atoms with E-state index in [9.17, 15) is 8.78 Å². The number of rotatable bonds is 4. The van der Waals surface area contributed by atoms with Crippen molar-refractivity contribution in [2.24, 2.45) is 5.84 Å². The Morgan fingerprint density at radius 3 is 2.45 bits per heavy atom. The molecule has 0 saturated heterocycles. The van der Waals surface area contributed by atoms with Crippen LogP contribution < -0.4 is 11.3 Å². The fourth-order valence-corrected chi connectivity index (χ4v) is 2.31. The molecule has 0 aliphatic carbocycles. The molecule has 2 aromatic carbocycles. The van der Waals surface area contributed by atoms with Crippen molar-refractivity contribution < 1.29 is 8.78 Å². The van der Waals surface area contributed by atoms with E-state index in [1.165, 1.54) is 30.3 Å². The molecule has 0 saturated carbocycles. The number of hydrazine groups is 1. The highest BCUT2D eigenvalue weighted by atomic mass is 35.5. The van der Waals surface area contributed by atoms with Gasteiger partial charge in [0, 0.05) is 5.02 Å². The number of nitrogens with one attached hydrogen (secondary N) is 1. The molecule has 2 nitrogen and oxygen atoms in total. The van der Waals surface area contributed by atoms with Crippen LogP contribution in [0.5, 0.6) is 0 Å². The van der Waals surface area contributed by atoms with Gasteiger partial charge in [-0.2, -0.15) is 0 Å². The average molecular weight is 317 g/mol. The van der Waals surface area contributed by atoms with Crippen LogP contribution in [0.4, 0.5) is 8.78 Å². The second-order valence-corrected chi connectivity index (χ2v) is 5.15. The third-order valence-electron chi connectivity index (χ3n) is 2.98. The molecular weight excluding hydrogens is 305 g/mol. The van der Waals surface area contributed by atoms with Crippen LogP contribution in [0.25, 0.3) is 0 Å². The maximum absolute atomic E-state index is 13.2. The van der Waals surface area contributed by atoms with Crippen LogP contribution in [0, 0.1) is 11.6 Å². The van der Waals surface area contributed by atoms with Crippen molar-refractivity contribution in [3.05, 3.63) is 69.2 Å². The lowest BCUT2D eigenvalue weighted by Gasteiger charge is -2.17. The van der Waals surface area contributed by atoms with Crippen molar-refractivity contribution in [3.63, 3.8) is 0 Å². The molecule has 3 N–H and O–H groups in total. The second kappa shape index (κ2) is 6.50. The van der Waals surface area contributed by atoms with Crippen LogP contribution in [0.15, 0.2) is 36.4 Å². The maximum atomic E-state index is 13.2. The van der Waals surface area contributed by atoms with Crippen molar-refractivity contribution in [2.75, 3.05) is 0 Å². The first kappa shape index (κ1) is 15.2. The highest BCUT2D eigenvalue weighted by Crippen LogP contribution is 2.26. The summed E-state index contributed by atoms with van der Waals surface area (Å²) in [6.45, 7) is 0. The third-order valence-corrected chi connectivity index (χ3v) is 3.64. The first-order valence-electron chi connectivity index (χ1n) is 5.86. The summed E-state index contributed by atoms with van der Waals surface area (Å²) >= 11 is 11.8. The van der Waals surface area contributed by atoms with Gasteiger partial charge in [0.2, 0.25) is 0 Å². The summed E-state index contributed by atoms with van der Waals surface area (Å²) in [6.07, 6.45) is 0.356. The van der Waals surface area contributed by atoms with Gasteiger partial charge < -0.3 is 0 Å². The van der Waals surface area contributed by atoms with Gasteiger partial charge in [-0.1, -0.05) is 29.3 Å². The molecule has 0 heterocycles. The molecule has 0 bridgehead atoms. The molecule has 1 unspecified atom stereocenters. The lowest BCUT2D eigenvalue weighted by atomic mass is 9.99. The summed E-state index contributed by atoms with van der Waals surface area (Å²) in [5.41, 5.74) is 3.90. The van der Waals surface area contributed by atoms with Crippen LogP contribution >= 0.6 is 23.2 Å². The molecular formula is C14H12Cl2F2N2. The van der Waals surface area contributed by atoms with Crippen molar-refractivity contribution >= 4 is 23.2 Å². The molecule has 6 heteroatoms. The van der Waals surface area contributed by atoms with Gasteiger partial charge in [0.25, 0.3) is 0 Å². The van der Waals surface area contributed by atoms with Gasteiger partial charge >= 0.3 is 0 Å². The zero-order valence-electron chi connectivity index (χ0n) is 10.3. The quantitative estimate of drug-likeness (QED) is 0.660. The van der Waals surface area contributed by atoms with Gasteiger partial charge in [-0.25, -0.2) is 8.78 Å². The largest absolute Gasteiger partial charge is 0.271 e. The maximum Gasteiger partial charge on any atom is 0.141 e. The van der Waals surface area contributed by atoms with Crippen molar-refractivity contribution in [2.45, 2.75) is 12.5 Å². The highest BCUT2D eigenvalue weighted by molar-refractivity contribution is 6.31. The van der Waals surface area contributed by atoms with Gasteiger partial charge in [0.15, 0.2) is 0 Å². The number of benzene rings is 2. The molecule has 0 aromatic heterocycles. The van der Waals surface area contributed by atoms with Crippen LogP contribution in [0.3, 0.4) is 0 Å². The fourth-order valence-electron chi connectivity index (χ4n) is 1.92. The number of nitrogens with two attached hydrogens (primary N) is 1. The van der Waals surface area contributed by atoms with E-state index >= 15 is 0 Å². The third kappa shape index (κ3) is 3.46. The molecule has 0 radical (unpaired) electrons. The van der Waals surface area contributed by atoms with Crippen molar-refractivity contribution in [1.82, 2.24) is 5.43 Å². The number of hydrogen-bond acceptors (Lipinski definition) is 2. The van der Waals surface area contributed by atoms with E-state index in [-0.39, 0.29) is 16.9 Å². The van der Waals surface area contributed by atoms with E-state index in [0.717, 1.165) is 0 Å². The van der Waals surface area contributed by atoms with Crippen LogP contribution in [0.1, 0.15) is 17.2 Å². The summed E-state index contributed by atoms with van der Waals surface area (Å²) in [5, 5.41) is 0.452. The Labute approximate surface area is 125 Å². The molecule has 0 spiro atoms. The molecule has 2 aromatic rings. The molecule has 1 atom stereocenters. The predicted molar refractivity (Wildman–Crippen MR) is 76.6 cm³/mol. The molecule has 0 fully saturated rings. The van der Waals surface area contributed by atoms with Gasteiger partial charge in [0.1, 0.15) is 11.6 Å². The lowest BCUT2D eigenvalue weighted by Crippen LogP contribution is -2.29. The molecule has 0 aliphatic heterocycles. The number of halogens is 4. The minimum atomic E-state index is -0.505. The predicted octanol–water partition coefficient (Wildman–Crippen LogP) is 4.02. The van der Waals surface area contributed by atoms with E-state index in [1.807, 2.05) is 0 Å². The van der Waals surface area contributed by atoms with Crippen molar-refractivity contribution in [3.8, 4) is 0 Å². The molecule has 0 aliphatic rings. The highest BCUT2D eigenvalue weighted by Gasteiger charge is 2.14. The zero-order valence-corrected chi connectivity index (χ0v) is 11.8. The fraction of sp³-hybridized carbons (Fsp3) is 0.143. The Hall–Kier alpha value is -1.20. The van der Waals surface area contributed by atoms with Crippen LogP contribution in [-0.4, -0.2) is 0 Å². The minimum absolute atomic E-state index is 0.00749. The first-order chi connectivity index (χ1) is 9.51.